The molecule has 0 saturated carbocycles. The molecule has 3 heteroatoms. The first-order chi connectivity index (χ1) is 6.94. The van der Waals surface area contributed by atoms with Crippen LogP contribution in [0, 0.1) is 5.92 Å². The van der Waals surface area contributed by atoms with E-state index < -0.39 is 5.79 Å². The molecule has 0 aromatic rings. The Morgan fingerprint density at radius 2 is 1.60 bits per heavy atom. The van der Waals surface area contributed by atoms with E-state index in [0.29, 0.717) is 5.92 Å². The number of hydrogen-bond donors (Lipinski definition) is 0. The zero-order valence-corrected chi connectivity index (χ0v) is 10.4. The predicted octanol–water partition coefficient (Wildman–Crippen LogP) is 2.69. The van der Waals surface area contributed by atoms with Gasteiger partial charge in [-0.3, -0.25) is 0 Å². The second-order valence-corrected chi connectivity index (χ2v) is 5.15. The van der Waals surface area contributed by atoms with Gasteiger partial charge in [0.2, 0.25) is 0 Å². The fourth-order valence-corrected chi connectivity index (χ4v) is 2.89. The van der Waals surface area contributed by atoms with Gasteiger partial charge in [-0.1, -0.05) is 20.8 Å². The molecule has 1 unspecified atom stereocenters. The third kappa shape index (κ3) is 1.61. The fraction of sp³-hybridized carbons (Fsp3) is 1.00. The first-order valence-corrected chi connectivity index (χ1v) is 5.97. The summed E-state index contributed by atoms with van der Waals surface area (Å²) in [5, 5.41) is 0. The summed E-state index contributed by atoms with van der Waals surface area (Å²) in [5.74, 6) is -0.0867. The van der Waals surface area contributed by atoms with E-state index in [0.717, 1.165) is 12.8 Å². The van der Waals surface area contributed by atoms with Crippen molar-refractivity contribution in [2.75, 3.05) is 0 Å². The fourth-order valence-electron chi connectivity index (χ4n) is 2.89. The van der Waals surface area contributed by atoms with Gasteiger partial charge in [-0.15, -0.1) is 0 Å². The molecular weight excluding hydrogens is 192 g/mol. The lowest BCUT2D eigenvalue weighted by Crippen LogP contribution is -2.38. The van der Waals surface area contributed by atoms with Gasteiger partial charge in [0.1, 0.15) is 6.10 Å². The summed E-state index contributed by atoms with van der Waals surface area (Å²) < 4.78 is 17.7. The molecule has 2 heterocycles. The van der Waals surface area contributed by atoms with Gasteiger partial charge < -0.3 is 14.2 Å². The Morgan fingerprint density at radius 1 is 1.00 bits per heavy atom. The summed E-state index contributed by atoms with van der Waals surface area (Å²) in [7, 11) is 0. The Labute approximate surface area is 92.1 Å². The molecule has 88 valence electrons. The Hall–Kier alpha value is -0.120. The first kappa shape index (κ1) is 11.4. The number of fused-ring (bicyclic) bond motifs is 1. The molecular formula is C12H22O3. The third-order valence-corrected chi connectivity index (χ3v) is 3.96. The Bertz CT molecular complexity index is 245. The zero-order chi connectivity index (χ0) is 11.3. The van der Waals surface area contributed by atoms with E-state index in [1.807, 2.05) is 13.8 Å². The second kappa shape index (κ2) is 3.44. The molecule has 15 heavy (non-hydrogen) atoms. The summed E-state index contributed by atoms with van der Waals surface area (Å²) >= 11 is 0. The van der Waals surface area contributed by atoms with Gasteiger partial charge in [-0.25, -0.2) is 0 Å². The average Bonchev–Trinajstić information content (AvgIpc) is 2.59. The van der Waals surface area contributed by atoms with Gasteiger partial charge >= 0.3 is 0 Å². The summed E-state index contributed by atoms with van der Waals surface area (Å²) in [6.07, 6.45) is 1.96. The maximum absolute atomic E-state index is 6.07. The molecule has 0 aromatic heterocycles. The Kier molecular flexibility index (Phi) is 2.61. The Morgan fingerprint density at radius 3 is 2.07 bits per heavy atom. The molecule has 0 N–H and O–H groups in total. The van der Waals surface area contributed by atoms with E-state index in [1.54, 1.807) is 0 Å². The van der Waals surface area contributed by atoms with Gasteiger partial charge in [0.25, 0.3) is 0 Å². The van der Waals surface area contributed by atoms with Gasteiger partial charge in [0.05, 0.1) is 5.60 Å². The van der Waals surface area contributed by atoms with Crippen molar-refractivity contribution < 1.29 is 14.2 Å². The van der Waals surface area contributed by atoms with Crippen LogP contribution in [0.1, 0.15) is 47.5 Å². The number of hydrogen-bond acceptors (Lipinski definition) is 3. The molecule has 2 fully saturated rings. The van der Waals surface area contributed by atoms with Crippen molar-refractivity contribution in [3.05, 3.63) is 0 Å². The van der Waals surface area contributed by atoms with Gasteiger partial charge in [0.15, 0.2) is 12.1 Å². The molecule has 0 aromatic carbocycles. The smallest absolute Gasteiger partial charge is 0.188 e. The van der Waals surface area contributed by atoms with Crippen LogP contribution in [0.3, 0.4) is 0 Å². The zero-order valence-electron chi connectivity index (χ0n) is 10.4. The number of rotatable bonds is 2. The summed E-state index contributed by atoms with van der Waals surface area (Å²) in [5.41, 5.74) is -0.0498. The van der Waals surface area contributed by atoms with E-state index in [1.165, 1.54) is 0 Å². The van der Waals surface area contributed by atoms with E-state index in [9.17, 15) is 0 Å². The van der Waals surface area contributed by atoms with E-state index in [2.05, 4.69) is 20.8 Å². The van der Waals surface area contributed by atoms with Crippen molar-refractivity contribution in [1.29, 1.82) is 0 Å². The topological polar surface area (TPSA) is 27.7 Å². The minimum atomic E-state index is -0.489. The quantitative estimate of drug-likeness (QED) is 0.707. The van der Waals surface area contributed by atoms with Crippen LogP contribution in [0.5, 0.6) is 0 Å². The van der Waals surface area contributed by atoms with Crippen LogP contribution in [0.2, 0.25) is 0 Å². The van der Waals surface area contributed by atoms with Crippen LogP contribution >= 0.6 is 0 Å². The van der Waals surface area contributed by atoms with E-state index >= 15 is 0 Å². The van der Waals surface area contributed by atoms with Gasteiger partial charge in [-0.05, 0) is 26.7 Å². The first-order valence-electron chi connectivity index (χ1n) is 5.97. The maximum Gasteiger partial charge on any atom is 0.188 e. The lowest BCUT2D eigenvalue weighted by Gasteiger charge is -2.33. The van der Waals surface area contributed by atoms with Crippen molar-refractivity contribution in [1.82, 2.24) is 0 Å². The van der Waals surface area contributed by atoms with Crippen molar-refractivity contribution in [2.24, 2.45) is 5.92 Å². The van der Waals surface area contributed by atoms with Crippen LogP contribution < -0.4 is 0 Å². The third-order valence-electron chi connectivity index (χ3n) is 3.96. The minimum absolute atomic E-state index is 0.0498. The molecule has 3 nitrogen and oxygen atoms in total. The van der Waals surface area contributed by atoms with E-state index in [-0.39, 0.29) is 18.0 Å². The standard InChI is InChI=1S/C12H22O3/c1-6-12(7-2)8(3)9-10(15-12)14-11(4,5)13-9/h8-10H,6-7H2,1-5H3/t8-,9?,10+/m1/s1. The van der Waals surface area contributed by atoms with Crippen LogP contribution in [-0.2, 0) is 14.2 Å². The summed E-state index contributed by atoms with van der Waals surface area (Å²) in [6.45, 7) is 10.4. The van der Waals surface area contributed by atoms with Crippen molar-refractivity contribution in [2.45, 2.75) is 71.2 Å². The lowest BCUT2D eigenvalue weighted by atomic mass is 9.83. The van der Waals surface area contributed by atoms with Crippen LogP contribution in [0.4, 0.5) is 0 Å². The average molecular weight is 214 g/mol. The Balaban J connectivity index is 2.17. The minimum Gasteiger partial charge on any atom is -0.343 e. The highest BCUT2D eigenvalue weighted by Crippen LogP contribution is 2.48. The largest absolute Gasteiger partial charge is 0.343 e. The summed E-state index contributed by atoms with van der Waals surface area (Å²) in [4.78, 5) is 0. The molecule has 0 spiro atoms. The monoisotopic (exact) mass is 214 g/mol. The SMILES string of the molecule is CCC1(CC)O[C@@H]2OC(C)(C)OC2[C@H]1C. The summed E-state index contributed by atoms with van der Waals surface area (Å²) in [6, 6.07) is 0. The molecule has 2 saturated heterocycles. The van der Waals surface area contributed by atoms with E-state index in [4.69, 9.17) is 14.2 Å². The highest BCUT2D eigenvalue weighted by Gasteiger charge is 2.58. The highest BCUT2D eigenvalue weighted by atomic mass is 16.8. The molecule has 0 aliphatic carbocycles. The normalized spacial score (nSPS) is 41.8. The van der Waals surface area contributed by atoms with Crippen LogP contribution in [0.15, 0.2) is 0 Å². The molecule has 0 amide bonds. The molecule has 2 aliphatic heterocycles. The van der Waals surface area contributed by atoms with Crippen molar-refractivity contribution in [3.63, 3.8) is 0 Å². The molecule has 0 radical (unpaired) electrons. The lowest BCUT2D eigenvalue weighted by molar-refractivity contribution is -0.233. The second-order valence-electron chi connectivity index (χ2n) is 5.15. The van der Waals surface area contributed by atoms with Crippen molar-refractivity contribution >= 4 is 0 Å². The molecule has 2 aliphatic rings. The van der Waals surface area contributed by atoms with Crippen molar-refractivity contribution in [3.8, 4) is 0 Å². The molecule has 2 rings (SSSR count). The van der Waals surface area contributed by atoms with Crippen LogP contribution in [-0.4, -0.2) is 23.8 Å². The number of ether oxygens (including phenoxy) is 3. The predicted molar refractivity (Wildman–Crippen MR) is 57.4 cm³/mol. The van der Waals surface area contributed by atoms with Gasteiger partial charge in [-0.2, -0.15) is 0 Å². The van der Waals surface area contributed by atoms with Crippen LogP contribution in [0.25, 0.3) is 0 Å². The molecule has 3 atom stereocenters. The maximum atomic E-state index is 6.07. The molecule has 0 bridgehead atoms. The highest BCUT2D eigenvalue weighted by molar-refractivity contribution is 4.99. The van der Waals surface area contributed by atoms with Gasteiger partial charge in [0, 0.05) is 5.92 Å².